The highest BCUT2D eigenvalue weighted by atomic mass is 79.9. The summed E-state index contributed by atoms with van der Waals surface area (Å²) in [6.45, 7) is 2.00. The van der Waals surface area contributed by atoms with E-state index in [0.29, 0.717) is 10.2 Å². The van der Waals surface area contributed by atoms with Crippen LogP contribution in [0, 0.1) is 0 Å². The first-order valence-electron chi connectivity index (χ1n) is 6.53. The molecule has 1 unspecified atom stereocenters. The maximum Gasteiger partial charge on any atom is 0.416 e. The zero-order valence-electron chi connectivity index (χ0n) is 11.4. The number of benzene rings is 2. The Kier molecular flexibility index (Phi) is 4.93. The van der Waals surface area contributed by atoms with Crippen LogP contribution in [0.3, 0.4) is 0 Å². The van der Waals surface area contributed by atoms with Gasteiger partial charge in [0.25, 0.3) is 0 Å². The van der Waals surface area contributed by atoms with Gasteiger partial charge in [0, 0.05) is 16.2 Å². The number of nitrogens with one attached hydrogen (secondary N) is 1. The van der Waals surface area contributed by atoms with Crippen LogP contribution < -0.4 is 5.32 Å². The van der Waals surface area contributed by atoms with Gasteiger partial charge in [-0.05, 0) is 53.0 Å². The van der Waals surface area contributed by atoms with Crippen molar-refractivity contribution in [2.24, 2.45) is 0 Å². The van der Waals surface area contributed by atoms with Gasteiger partial charge in [0.05, 0.1) is 5.56 Å². The third kappa shape index (κ3) is 4.49. The minimum Gasteiger partial charge on any atom is -0.381 e. The van der Waals surface area contributed by atoms with Crippen molar-refractivity contribution in [2.75, 3.05) is 5.32 Å². The monoisotopic (exact) mass is 357 g/mol. The minimum atomic E-state index is -4.32. The van der Waals surface area contributed by atoms with Crippen molar-refractivity contribution >= 4 is 21.6 Å². The van der Waals surface area contributed by atoms with Crippen molar-refractivity contribution in [1.82, 2.24) is 0 Å². The quantitative estimate of drug-likeness (QED) is 0.760. The molecule has 21 heavy (non-hydrogen) atoms. The first kappa shape index (κ1) is 15.9. The molecule has 0 bridgehead atoms. The number of hydrogen-bond acceptors (Lipinski definition) is 1. The van der Waals surface area contributed by atoms with Gasteiger partial charge < -0.3 is 5.32 Å². The summed E-state index contributed by atoms with van der Waals surface area (Å²) in [5.74, 6) is 0. The van der Waals surface area contributed by atoms with Crippen LogP contribution in [0.15, 0.2) is 53.0 Å². The molecule has 1 nitrogen and oxygen atoms in total. The van der Waals surface area contributed by atoms with E-state index < -0.39 is 11.7 Å². The van der Waals surface area contributed by atoms with Gasteiger partial charge in [0.15, 0.2) is 0 Å². The topological polar surface area (TPSA) is 12.0 Å². The molecule has 0 fully saturated rings. The molecule has 0 aliphatic rings. The average Bonchev–Trinajstić information content (AvgIpc) is 2.41. The van der Waals surface area contributed by atoms with Crippen LogP contribution in [0.4, 0.5) is 18.9 Å². The van der Waals surface area contributed by atoms with E-state index in [0.717, 1.165) is 18.6 Å². The summed E-state index contributed by atoms with van der Waals surface area (Å²) in [4.78, 5) is 0. The first-order valence-corrected chi connectivity index (χ1v) is 7.33. The van der Waals surface area contributed by atoms with E-state index in [1.54, 1.807) is 0 Å². The summed E-state index contributed by atoms with van der Waals surface area (Å²) in [6, 6.07) is 13.7. The van der Waals surface area contributed by atoms with Gasteiger partial charge >= 0.3 is 6.18 Å². The van der Waals surface area contributed by atoms with E-state index >= 15 is 0 Å². The maximum absolute atomic E-state index is 12.6. The summed E-state index contributed by atoms with van der Waals surface area (Å²) in [5.41, 5.74) is 1.18. The molecule has 0 amide bonds. The smallest absolute Gasteiger partial charge is 0.381 e. The Bertz CT molecular complexity index is 596. The lowest BCUT2D eigenvalue weighted by molar-refractivity contribution is -0.137. The van der Waals surface area contributed by atoms with Crippen molar-refractivity contribution in [3.8, 4) is 0 Å². The molecule has 0 radical (unpaired) electrons. The van der Waals surface area contributed by atoms with E-state index in [2.05, 4.69) is 21.2 Å². The van der Waals surface area contributed by atoms with Crippen molar-refractivity contribution in [1.29, 1.82) is 0 Å². The largest absolute Gasteiger partial charge is 0.416 e. The lowest BCUT2D eigenvalue weighted by Gasteiger charge is -2.17. The van der Waals surface area contributed by atoms with Crippen LogP contribution in [-0.2, 0) is 12.6 Å². The Balaban J connectivity index is 2.06. The van der Waals surface area contributed by atoms with E-state index in [-0.39, 0.29) is 6.04 Å². The molecule has 0 aliphatic heterocycles. The standard InChI is InChI=1S/C16H15BrF3N/c1-11(9-12-5-3-2-4-6-12)21-15-8-7-13(10-14(15)17)16(18,19)20/h2-8,10-11,21H,9H2,1H3. The predicted octanol–water partition coefficient (Wildman–Crippen LogP) is 5.51. The molecule has 0 saturated heterocycles. The molecule has 0 saturated carbocycles. The molecule has 0 spiro atoms. The Morgan fingerprint density at radius 1 is 1.10 bits per heavy atom. The molecular weight excluding hydrogens is 343 g/mol. The predicted molar refractivity (Wildman–Crippen MR) is 82.4 cm³/mol. The van der Waals surface area contributed by atoms with Crippen LogP contribution in [0.5, 0.6) is 0 Å². The van der Waals surface area contributed by atoms with Crippen LogP contribution in [0.2, 0.25) is 0 Å². The van der Waals surface area contributed by atoms with Gasteiger partial charge in [-0.15, -0.1) is 0 Å². The Hall–Kier alpha value is -1.49. The zero-order valence-corrected chi connectivity index (χ0v) is 13.0. The fraction of sp³-hybridized carbons (Fsp3) is 0.250. The van der Waals surface area contributed by atoms with Gasteiger partial charge in [0.1, 0.15) is 0 Å². The fourth-order valence-electron chi connectivity index (χ4n) is 2.09. The second-order valence-corrected chi connectivity index (χ2v) is 5.78. The first-order chi connectivity index (χ1) is 9.86. The van der Waals surface area contributed by atoms with E-state index in [1.807, 2.05) is 37.3 Å². The van der Waals surface area contributed by atoms with Crippen LogP contribution in [-0.4, -0.2) is 6.04 Å². The summed E-state index contributed by atoms with van der Waals surface area (Å²) in [7, 11) is 0. The second-order valence-electron chi connectivity index (χ2n) is 4.93. The molecule has 1 atom stereocenters. The number of halogens is 4. The number of hydrogen-bond donors (Lipinski definition) is 1. The SMILES string of the molecule is CC(Cc1ccccc1)Nc1ccc(C(F)(F)F)cc1Br. The highest BCUT2D eigenvalue weighted by Crippen LogP contribution is 2.34. The zero-order chi connectivity index (χ0) is 15.5. The van der Waals surface area contributed by atoms with Gasteiger partial charge in [0.2, 0.25) is 0 Å². The highest BCUT2D eigenvalue weighted by Gasteiger charge is 2.30. The number of alkyl halides is 3. The van der Waals surface area contributed by atoms with Crippen molar-refractivity contribution in [3.63, 3.8) is 0 Å². The third-order valence-corrected chi connectivity index (χ3v) is 3.74. The van der Waals surface area contributed by atoms with E-state index in [4.69, 9.17) is 0 Å². The summed E-state index contributed by atoms with van der Waals surface area (Å²) < 4.78 is 38.2. The highest BCUT2D eigenvalue weighted by molar-refractivity contribution is 9.10. The normalized spacial score (nSPS) is 13.0. The average molecular weight is 358 g/mol. The lowest BCUT2D eigenvalue weighted by Crippen LogP contribution is -2.18. The lowest BCUT2D eigenvalue weighted by atomic mass is 10.1. The van der Waals surface area contributed by atoms with Gasteiger partial charge in [-0.25, -0.2) is 0 Å². The van der Waals surface area contributed by atoms with Crippen molar-refractivity contribution < 1.29 is 13.2 Å². The van der Waals surface area contributed by atoms with E-state index in [9.17, 15) is 13.2 Å². The third-order valence-electron chi connectivity index (χ3n) is 3.08. The molecule has 112 valence electrons. The summed E-state index contributed by atoms with van der Waals surface area (Å²) in [6.07, 6.45) is -3.52. The molecule has 2 aromatic carbocycles. The van der Waals surface area contributed by atoms with Crippen LogP contribution in [0.25, 0.3) is 0 Å². The molecule has 2 aromatic rings. The molecule has 0 heterocycles. The Labute approximate surface area is 130 Å². The Morgan fingerprint density at radius 3 is 2.33 bits per heavy atom. The van der Waals surface area contributed by atoms with Crippen LogP contribution in [0.1, 0.15) is 18.1 Å². The van der Waals surface area contributed by atoms with Gasteiger partial charge in [-0.3, -0.25) is 0 Å². The van der Waals surface area contributed by atoms with Gasteiger partial charge in [-0.2, -0.15) is 13.2 Å². The molecular formula is C16H15BrF3N. The molecule has 2 rings (SSSR count). The van der Waals surface area contributed by atoms with E-state index in [1.165, 1.54) is 11.6 Å². The fourth-order valence-corrected chi connectivity index (χ4v) is 2.59. The molecule has 5 heteroatoms. The summed E-state index contributed by atoms with van der Waals surface area (Å²) >= 11 is 3.19. The van der Waals surface area contributed by atoms with Crippen LogP contribution >= 0.6 is 15.9 Å². The summed E-state index contributed by atoms with van der Waals surface area (Å²) in [5, 5.41) is 3.22. The number of rotatable bonds is 4. The molecule has 0 aromatic heterocycles. The second kappa shape index (κ2) is 6.52. The van der Waals surface area contributed by atoms with Gasteiger partial charge in [-0.1, -0.05) is 30.3 Å². The number of anilines is 1. The Morgan fingerprint density at radius 2 is 1.76 bits per heavy atom. The molecule has 0 aliphatic carbocycles. The van der Waals surface area contributed by atoms with Crippen molar-refractivity contribution in [2.45, 2.75) is 25.6 Å². The maximum atomic E-state index is 12.6. The molecule has 1 N–H and O–H groups in total. The van der Waals surface area contributed by atoms with Crippen molar-refractivity contribution in [3.05, 3.63) is 64.1 Å². The minimum absolute atomic E-state index is 0.112.